The smallest absolute Gasteiger partial charge is 0.189 e. The first kappa shape index (κ1) is 7.51. The molecule has 4 heteroatoms. The molecule has 0 aliphatic heterocycles. The molecule has 0 saturated carbocycles. The van der Waals surface area contributed by atoms with Crippen molar-refractivity contribution in [1.82, 2.24) is 4.98 Å². The van der Waals surface area contributed by atoms with Gasteiger partial charge < -0.3 is 10.1 Å². The van der Waals surface area contributed by atoms with E-state index in [1.54, 1.807) is 0 Å². The molecule has 0 aliphatic carbocycles. The number of hydrogen-bond donors (Lipinski definition) is 2. The maximum atomic E-state index is 10.8. The van der Waals surface area contributed by atoms with Gasteiger partial charge in [-0.2, -0.15) is 5.26 Å². The summed E-state index contributed by atoms with van der Waals surface area (Å²) in [5.41, 5.74) is 0.658. The van der Waals surface area contributed by atoms with Crippen molar-refractivity contribution < 1.29 is 9.90 Å². The molecular formula is C7H6N2O2. The molecule has 0 radical (unpaired) electrons. The number of nitrogens with zero attached hydrogens (tertiary/aromatic N) is 1. The summed E-state index contributed by atoms with van der Waals surface area (Å²) in [5, 5.41) is 16.8. The number of aliphatic hydroxyl groups is 1. The van der Waals surface area contributed by atoms with Crippen LogP contribution in [0.5, 0.6) is 0 Å². The minimum atomic E-state index is -0.525. The molecule has 1 heterocycles. The van der Waals surface area contributed by atoms with Crippen LogP contribution in [-0.2, 0) is 0 Å². The monoisotopic (exact) mass is 150 g/mol. The summed E-state index contributed by atoms with van der Waals surface area (Å²) in [6.07, 6.45) is 1.40. The fourth-order valence-corrected chi connectivity index (χ4v) is 0.711. The third-order valence-electron chi connectivity index (χ3n) is 1.27. The van der Waals surface area contributed by atoms with Crippen LogP contribution < -0.4 is 0 Å². The standard InChI is InChI=1S/C7H6N2O2/c8-2-6-1-5(3-9-6)7(11)4-10/h1,3,9-10H,4H2. The number of carbonyl (C=O) groups is 1. The van der Waals surface area contributed by atoms with Crippen molar-refractivity contribution in [2.75, 3.05) is 6.61 Å². The first-order valence-electron chi connectivity index (χ1n) is 3.00. The summed E-state index contributed by atoms with van der Waals surface area (Å²) in [5.74, 6) is -0.386. The third kappa shape index (κ3) is 1.45. The highest BCUT2D eigenvalue weighted by Crippen LogP contribution is 2.02. The van der Waals surface area contributed by atoms with Crippen molar-refractivity contribution in [2.24, 2.45) is 0 Å². The van der Waals surface area contributed by atoms with Crippen LogP contribution in [0.2, 0.25) is 0 Å². The number of aromatic nitrogens is 1. The zero-order valence-electron chi connectivity index (χ0n) is 5.66. The van der Waals surface area contributed by atoms with Gasteiger partial charge in [0.1, 0.15) is 18.4 Å². The Balaban J connectivity index is 2.91. The summed E-state index contributed by atoms with van der Waals surface area (Å²) in [7, 11) is 0. The predicted molar refractivity (Wildman–Crippen MR) is 36.9 cm³/mol. The van der Waals surface area contributed by atoms with Gasteiger partial charge in [0.25, 0.3) is 0 Å². The van der Waals surface area contributed by atoms with Crippen LogP contribution in [0.4, 0.5) is 0 Å². The molecule has 0 saturated heterocycles. The van der Waals surface area contributed by atoms with E-state index in [0.717, 1.165) is 0 Å². The van der Waals surface area contributed by atoms with Crippen LogP contribution in [0.25, 0.3) is 0 Å². The number of nitriles is 1. The van der Waals surface area contributed by atoms with Gasteiger partial charge in [-0.25, -0.2) is 0 Å². The van der Waals surface area contributed by atoms with Crippen molar-refractivity contribution in [3.05, 3.63) is 23.5 Å². The molecule has 0 spiro atoms. The molecule has 0 fully saturated rings. The van der Waals surface area contributed by atoms with E-state index in [2.05, 4.69) is 4.98 Å². The largest absolute Gasteiger partial charge is 0.388 e. The first-order chi connectivity index (χ1) is 5.27. The van der Waals surface area contributed by atoms with Crippen LogP contribution >= 0.6 is 0 Å². The van der Waals surface area contributed by atoms with Crippen LogP contribution in [0.1, 0.15) is 16.1 Å². The second-order valence-corrected chi connectivity index (χ2v) is 2.00. The summed E-state index contributed by atoms with van der Waals surface area (Å²) in [4.78, 5) is 13.3. The van der Waals surface area contributed by atoms with Gasteiger partial charge in [-0.3, -0.25) is 4.79 Å². The Morgan fingerprint density at radius 2 is 2.55 bits per heavy atom. The highest BCUT2D eigenvalue weighted by Gasteiger charge is 2.05. The van der Waals surface area contributed by atoms with Crippen molar-refractivity contribution >= 4 is 5.78 Å². The Hall–Kier alpha value is -1.60. The number of rotatable bonds is 2. The SMILES string of the molecule is N#Cc1cc(C(=O)CO)c[nH]1. The van der Waals surface area contributed by atoms with Crippen LogP contribution in [0.3, 0.4) is 0 Å². The molecule has 0 aromatic carbocycles. The van der Waals surface area contributed by atoms with Gasteiger partial charge in [-0.05, 0) is 6.07 Å². The average Bonchev–Trinajstić information content (AvgIpc) is 2.50. The Labute approximate surface area is 63.1 Å². The van der Waals surface area contributed by atoms with Gasteiger partial charge in [-0.15, -0.1) is 0 Å². The topological polar surface area (TPSA) is 76.9 Å². The van der Waals surface area contributed by atoms with E-state index in [4.69, 9.17) is 10.4 Å². The molecule has 2 N–H and O–H groups in total. The number of Topliss-reactive ketones (excluding diaryl/α,β-unsaturated/α-hetero) is 1. The van der Waals surface area contributed by atoms with Gasteiger partial charge in [0.15, 0.2) is 5.78 Å². The van der Waals surface area contributed by atoms with Gasteiger partial charge >= 0.3 is 0 Å². The van der Waals surface area contributed by atoms with Crippen LogP contribution in [-0.4, -0.2) is 22.5 Å². The number of nitrogens with one attached hydrogen (secondary N) is 1. The summed E-state index contributed by atoms with van der Waals surface area (Å²) in [6, 6.07) is 3.24. The molecule has 0 bridgehead atoms. The molecule has 0 amide bonds. The fourth-order valence-electron chi connectivity index (χ4n) is 0.711. The lowest BCUT2D eigenvalue weighted by Gasteiger charge is -1.86. The maximum absolute atomic E-state index is 10.8. The zero-order valence-corrected chi connectivity index (χ0v) is 5.66. The van der Waals surface area contributed by atoms with Crippen molar-refractivity contribution in [3.63, 3.8) is 0 Å². The normalized spacial score (nSPS) is 9.09. The number of carbonyl (C=O) groups excluding carboxylic acids is 1. The molecule has 0 aliphatic rings. The van der Waals surface area contributed by atoms with E-state index in [-0.39, 0.29) is 5.78 Å². The molecule has 56 valence electrons. The van der Waals surface area contributed by atoms with Crippen molar-refractivity contribution in [3.8, 4) is 6.07 Å². The first-order valence-corrected chi connectivity index (χ1v) is 3.00. The summed E-state index contributed by atoms with van der Waals surface area (Å²) < 4.78 is 0. The molecule has 0 unspecified atom stereocenters. The van der Waals surface area contributed by atoms with Crippen molar-refractivity contribution in [2.45, 2.75) is 0 Å². The Morgan fingerprint density at radius 1 is 1.82 bits per heavy atom. The third-order valence-corrected chi connectivity index (χ3v) is 1.27. The van der Waals surface area contributed by atoms with Gasteiger partial charge in [0, 0.05) is 11.8 Å². The molecule has 4 nitrogen and oxygen atoms in total. The molecule has 0 atom stereocenters. The number of ketones is 1. The highest BCUT2D eigenvalue weighted by molar-refractivity contribution is 5.97. The van der Waals surface area contributed by atoms with E-state index < -0.39 is 6.61 Å². The Kier molecular flexibility index (Phi) is 2.04. The number of H-pyrrole nitrogens is 1. The molecular weight excluding hydrogens is 144 g/mol. The minimum Gasteiger partial charge on any atom is -0.388 e. The van der Waals surface area contributed by atoms with E-state index in [1.165, 1.54) is 12.3 Å². The molecule has 1 rings (SSSR count). The van der Waals surface area contributed by atoms with E-state index in [1.807, 2.05) is 6.07 Å². The van der Waals surface area contributed by atoms with Gasteiger partial charge in [-0.1, -0.05) is 0 Å². The Bertz CT molecular complexity index is 308. The quantitative estimate of drug-likeness (QED) is 0.585. The lowest BCUT2D eigenvalue weighted by Crippen LogP contribution is -2.01. The molecule has 1 aromatic heterocycles. The molecule has 1 aromatic rings. The minimum absolute atomic E-state index is 0.321. The van der Waals surface area contributed by atoms with Gasteiger partial charge in [0.05, 0.1) is 0 Å². The maximum Gasteiger partial charge on any atom is 0.189 e. The van der Waals surface area contributed by atoms with Crippen molar-refractivity contribution in [1.29, 1.82) is 5.26 Å². The lowest BCUT2D eigenvalue weighted by atomic mass is 10.2. The average molecular weight is 150 g/mol. The van der Waals surface area contributed by atoms with Crippen LogP contribution in [0.15, 0.2) is 12.3 Å². The van der Waals surface area contributed by atoms with E-state index >= 15 is 0 Å². The van der Waals surface area contributed by atoms with E-state index in [0.29, 0.717) is 11.3 Å². The van der Waals surface area contributed by atoms with Gasteiger partial charge in [0.2, 0.25) is 0 Å². The zero-order chi connectivity index (χ0) is 8.27. The highest BCUT2D eigenvalue weighted by atomic mass is 16.3. The predicted octanol–water partition coefficient (Wildman–Crippen LogP) is 0.0614. The fraction of sp³-hybridized carbons (Fsp3) is 0.143. The lowest BCUT2D eigenvalue weighted by molar-refractivity contribution is 0.0904. The second kappa shape index (κ2) is 2.99. The summed E-state index contributed by atoms with van der Waals surface area (Å²) in [6.45, 7) is -0.525. The number of aromatic amines is 1. The van der Waals surface area contributed by atoms with Crippen LogP contribution in [0, 0.1) is 11.3 Å². The second-order valence-electron chi connectivity index (χ2n) is 2.00. The Morgan fingerprint density at radius 3 is 3.00 bits per heavy atom. The number of aliphatic hydroxyl groups excluding tert-OH is 1. The van der Waals surface area contributed by atoms with E-state index in [9.17, 15) is 4.79 Å². The number of hydrogen-bond acceptors (Lipinski definition) is 3. The summed E-state index contributed by atoms with van der Waals surface area (Å²) >= 11 is 0. The molecule has 11 heavy (non-hydrogen) atoms.